The highest BCUT2D eigenvalue weighted by Gasteiger charge is 2.13. The van der Waals surface area contributed by atoms with Gasteiger partial charge < -0.3 is 15.2 Å². The molecule has 0 aliphatic rings. The van der Waals surface area contributed by atoms with Crippen molar-refractivity contribution >= 4 is 29.1 Å². The summed E-state index contributed by atoms with van der Waals surface area (Å²) in [5.41, 5.74) is 2.97. The van der Waals surface area contributed by atoms with Crippen LogP contribution in [0.2, 0.25) is 5.02 Å². The van der Waals surface area contributed by atoms with Crippen LogP contribution in [0.3, 0.4) is 0 Å². The summed E-state index contributed by atoms with van der Waals surface area (Å²) in [6, 6.07) is 23.5. The third-order valence-electron chi connectivity index (χ3n) is 5.42. The Morgan fingerprint density at radius 3 is 2.54 bits per heavy atom. The smallest absolute Gasteiger partial charge is 0.255 e. The second-order valence-corrected chi connectivity index (χ2v) is 8.54. The molecule has 8 heteroatoms. The Labute approximate surface area is 208 Å². The number of benzene rings is 3. The first kappa shape index (κ1) is 24.2. The molecular formula is C27H25ClN4O3. The quantitative estimate of drug-likeness (QED) is 0.308. The van der Waals surface area contributed by atoms with Gasteiger partial charge in [0.05, 0.1) is 6.04 Å². The maximum Gasteiger partial charge on any atom is 0.255 e. The van der Waals surface area contributed by atoms with Gasteiger partial charge in [-0.1, -0.05) is 47.1 Å². The molecule has 178 valence electrons. The fourth-order valence-electron chi connectivity index (χ4n) is 3.55. The predicted molar refractivity (Wildman–Crippen MR) is 135 cm³/mol. The van der Waals surface area contributed by atoms with E-state index in [1.165, 1.54) is 0 Å². The van der Waals surface area contributed by atoms with Crippen molar-refractivity contribution in [3.63, 3.8) is 0 Å². The molecule has 35 heavy (non-hydrogen) atoms. The lowest BCUT2D eigenvalue weighted by Crippen LogP contribution is -2.26. The van der Waals surface area contributed by atoms with Crippen LogP contribution in [0.1, 0.15) is 47.6 Å². The summed E-state index contributed by atoms with van der Waals surface area (Å²) in [5.74, 6) is 0.722. The van der Waals surface area contributed by atoms with Crippen LogP contribution in [0.4, 0.5) is 5.69 Å². The lowest BCUT2D eigenvalue weighted by atomic mass is 10.1. The summed E-state index contributed by atoms with van der Waals surface area (Å²) in [6.45, 7) is 1.91. The zero-order valence-electron chi connectivity index (χ0n) is 19.2. The first-order valence-electron chi connectivity index (χ1n) is 11.3. The van der Waals surface area contributed by atoms with E-state index in [4.69, 9.17) is 16.1 Å². The van der Waals surface area contributed by atoms with Crippen molar-refractivity contribution in [2.75, 3.05) is 5.32 Å². The number of nitrogens with zero attached hydrogens (tertiary/aromatic N) is 2. The number of hydrogen-bond acceptors (Lipinski definition) is 5. The van der Waals surface area contributed by atoms with Crippen molar-refractivity contribution in [2.24, 2.45) is 0 Å². The molecule has 1 aromatic heterocycles. The minimum atomic E-state index is -0.212. The molecule has 7 nitrogen and oxygen atoms in total. The van der Waals surface area contributed by atoms with Crippen LogP contribution in [0, 0.1) is 0 Å². The van der Waals surface area contributed by atoms with Gasteiger partial charge in [0.15, 0.2) is 0 Å². The van der Waals surface area contributed by atoms with Crippen LogP contribution < -0.4 is 10.6 Å². The molecule has 2 N–H and O–H groups in total. The number of amides is 2. The number of aryl methyl sites for hydroxylation is 1. The number of nitrogens with one attached hydrogen (secondary N) is 2. The molecule has 1 atom stereocenters. The number of aromatic nitrogens is 2. The number of carbonyl (C=O) groups excluding carboxylic acids is 2. The minimum Gasteiger partial charge on any atom is -0.350 e. The SMILES string of the molecule is CC(NC(=O)CCCc1nc(-c2ccc(Cl)cc2)no1)c1cccc(NC(=O)c2ccccc2)c1. The summed E-state index contributed by atoms with van der Waals surface area (Å²) in [5, 5.41) is 10.5. The summed E-state index contributed by atoms with van der Waals surface area (Å²) >= 11 is 5.91. The minimum absolute atomic E-state index is 0.0753. The number of carbonyl (C=O) groups is 2. The molecule has 1 heterocycles. The Hall–Kier alpha value is -3.97. The summed E-state index contributed by atoms with van der Waals surface area (Å²) in [6.07, 6.45) is 1.41. The molecule has 0 fully saturated rings. The molecule has 0 bridgehead atoms. The van der Waals surface area contributed by atoms with Crippen LogP contribution in [0.25, 0.3) is 11.4 Å². The molecule has 0 saturated heterocycles. The highest BCUT2D eigenvalue weighted by Crippen LogP contribution is 2.20. The topological polar surface area (TPSA) is 97.1 Å². The van der Waals surface area contributed by atoms with Gasteiger partial charge in [0.25, 0.3) is 5.91 Å². The van der Waals surface area contributed by atoms with Gasteiger partial charge in [0.2, 0.25) is 17.6 Å². The van der Waals surface area contributed by atoms with E-state index in [0.717, 1.165) is 11.1 Å². The number of halogens is 1. The molecule has 0 aliphatic heterocycles. The second-order valence-electron chi connectivity index (χ2n) is 8.11. The van der Waals surface area contributed by atoms with Crippen LogP contribution >= 0.6 is 11.6 Å². The molecule has 0 radical (unpaired) electrons. The maximum atomic E-state index is 12.5. The molecule has 0 spiro atoms. The van der Waals surface area contributed by atoms with Gasteiger partial charge >= 0.3 is 0 Å². The zero-order valence-corrected chi connectivity index (χ0v) is 20.0. The van der Waals surface area contributed by atoms with Crippen molar-refractivity contribution in [1.29, 1.82) is 0 Å². The zero-order chi connectivity index (χ0) is 24.6. The maximum absolute atomic E-state index is 12.5. The summed E-state index contributed by atoms with van der Waals surface area (Å²) in [7, 11) is 0. The van der Waals surface area contributed by atoms with Crippen LogP contribution in [0.5, 0.6) is 0 Å². The average molecular weight is 489 g/mol. The standard InChI is InChI=1S/C27H25ClN4O3/c1-18(21-9-5-10-23(17-21)30-27(34)20-7-3-2-4-8-20)29-24(33)11-6-12-25-31-26(32-35-25)19-13-15-22(28)16-14-19/h2-5,7-10,13-18H,6,11-12H2,1H3,(H,29,33)(H,30,34). The van der Waals surface area contributed by atoms with Crippen molar-refractivity contribution in [1.82, 2.24) is 15.5 Å². The van der Waals surface area contributed by atoms with Crippen LogP contribution in [0.15, 0.2) is 83.4 Å². The Bertz CT molecular complexity index is 1290. The average Bonchev–Trinajstić information content (AvgIpc) is 3.34. The monoisotopic (exact) mass is 488 g/mol. The van der Waals surface area contributed by atoms with E-state index in [-0.39, 0.29) is 17.9 Å². The predicted octanol–water partition coefficient (Wildman–Crippen LogP) is 5.84. The Kier molecular flexibility index (Phi) is 7.90. The third-order valence-corrected chi connectivity index (χ3v) is 5.67. The number of anilines is 1. The summed E-state index contributed by atoms with van der Waals surface area (Å²) < 4.78 is 5.30. The van der Waals surface area contributed by atoms with Gasteiger partial charge in [0, 0.05) is 34.7 Å². The number of rotatable bonds is 9. The third kappa shape index (κ3) is 6.77. The Morgan fingerprint density at radius 2 is 1.77 bits per heavy atom. The first-order chi connectivity index (χ1) is 17.0. The molecule has 1 unspecified atom stereocenters. The Morgan fingerprint density at radius 1 is 1.00 bits per heavy atom. The molecule has 4 rings (SSSR count). The van der Waals surface area contributed by atoms with Gasteiger partial charge in [-0.25, -0.2) is 0 Å². The normalized spacial score (nSPS) is 11.6. The van der Waals surface area contributed by atoms with E-state index in [1.807, 2.05) is 61.5 Å². The fourth-order valence-corrected chi connectivity index (χ4v) is 3.67. The molecular weight excluding hydrogens is 464 g/mol. The van der Waals surface area contributed by atoms with E-state index in [1.54, 1.807) is 24.3 Å². The fraction of sp³-hybridized carbons (Fsp3) is 0.185. The molecule has 3 aromatic carbocycles. The highest BCUT2D eigenvalue weighted by molar-refractivity contribution is 6.30. The van der Waals surface area contributed by atoms with Crippen molar-refractivity contribution in [3.8, 4) is 11.4 Å². The van der Waals surface area contributed by atoms with Gasteiger partial charge in [-0.05, 0) is 67.4 Å². The van der Waals surface area contributed by atoms with E-state index in [2.05, 4.69) is 20.8 Å². The van der Waals surface area contributed by atoms with E-state index < -0.39 is 0 Å². The van der Waals surface area contributed by atoms with Crippen molar-refractivity contribution in [3.05, 3.63) is 101 Å². The largest absolute Gasteiger partial charge is 0.350 e. The highest BCUT2D eigenvalue weighted by atomic mass is 35.5. The molecule has 2 amide bonds. The van der Waals surface area contributed by atoms with Gasteiger partial charge in [-0.15, -0.1) is 0 Å². The molecule has 4 aromatic rings. The van der Waals surface area contributed by atoms with E-state index in [0.29, 0.717) is 47.3 Å². The lowest BCUT2D eigenvalue weighted by molar-refractivity contribution is -0.121. The van der Waals surface area contributed by atoms with Gasteiger partial charge in [-0.2, -0.15) is 4.98 Å². The van der Waals surface area contributed by atoms with Gasteiger partial charge in [0.1, 0.15) is 0 Å². The molecule has 0 aliphatic carbocycles. The summed E-state index contributed by atoms with van der Waals surface area (Å²) in [4.78, 5) is 29.2. The van der Waals surface area contributed by atoms with Crippen LogP contribution in [-0.4, -0.2) is 22.0 Å². The van der Waals surface area contributed by atoms with Crippen molar-refractivity contribution < 1.29 is 14.1 Å². The van der Waals surface area contributed by atoms with Crippen molar-refractivity contribution in [2.45, 2.75) is 32.2 Å². The van der Waals surface area contributed by atoms with E-state index in [9.17, 15) is 9.59 Å². The lowest BCUT2D eigenvalue weighted by Gasteiger charge is -2.15. The number of hydrogen-bond donors (Lipinski definition) is 2. The first-order valence-corrected chi connectivity index (χ1v) is 11.7. The van der Waals surface area contributed by atoms with Crippen LogP contribution in [-0.2, 0) is 11.2 Å². The van der Waals surface area contributed by atoms with Gasteiger partial charge in [-0.3, -0.25) is 9.59 Å². The second kappa shape index (κ2) is 11.4. The Balaban J connectivity index is 1.25. The molecule has 0 saturated carbocycles. The van der Waals surface area contributed by atoms with E-state index >= 15 is 0 Å².